The first-order valence-electron chi connectivity index (χ1n) is 6.71. The number of fused-ring (bicyclic) bond motifs is 1. The molecule has 0 saturated carbocycles. The summed E-state index contributed by atoms with van der Waals surface area (Å²) >= 11 is 0. The Morgan fingerprint density at radius 2 is 1.64 bits per heavy atom. The first-order valence-corrected chi connectivity index (χ1v) is 6.71. The molecule has 0 atom stereocenters. The number of oxazole rings is 1. The van der Waals surface area contributed by atoms with Crippen LogP contribution in [0.3, 0.4) is 0 Å². The van der Waals surface area contributed by atoms with Crippen LogP contribution in [0.5, 0.6) is 11.5 Å². The highest BCUT2D eigenvalue weighted by atomic mass is 16.5. The molecule has 0 aliphatic rings. The zero-order chi connectivity index (χ0) is 15.7. The van der Waals surface area contributed by atoms with Gasteiger partial charge in [-0.25, -0.2) is 9.97 Å². The van der Waals surface area contributed by atoms with Gasteiger partial charge in [0.2, 0.25) is 0 Å². The van der Waals surface area contributed by atoms with E-state index in [1.165, 1.54) is 0 Å². The van der Waals surface area contributed by atoms with E-state index in [1.807, 2.05) is 12.1 Å². The van der Waals surface area contributed by atoms with E-state index >= 15 is 0 Å². The molecule has 0 fully saturated rings. The highest BCUT2D eigenvalue weighted by Gasteiger charge is 2.13. The number of nitrogens with zero attached hydrogens (tertiary/aromatic N) is 3. The predicted molar refractivity (Wildman–Crippen MR) is 81.9 cm³/mol. The lowest BCUT2D eigenvalue weighted by Crippen LogP contribution is -1.99. The van der Waals surface area contributed by atoms with Gasteiger partial charge < -0.3 is 19.2 Å². The maximum atomic E-state index is 5.47. The summed E-state index contributed by atoms with van der Waals surface area (Å²) < 4.78 is 16.0. The van der Waals surface area contributed by atoms with Gasteiger partial charge in [0.15, 0.2) is 17.2 Å². The van der Waals surface area contributed by atoms with Crippen LogP contribution in [0.2, 0.25) is 0 Å². The van der Waals surface area contributed by atoms with E-state index in [9.17, 15) is 0 Å². The number of aromatic nitrogens is 3. The molecular weight excluding hydrogens is 284 g/mol. The van der Waals surface area contributed by atoms with E-state index < -0.39 is 0 Å². The van der Waals surface area contributed by atoms with Gasteiger partial charge in [-0.05, 0) is 6.92 Å². The van der Waals surface area contributed by atoms with Crippen LogP contribution in [0.1, 0.15) is 11.7 Å². The highest BCUT2D eigenvalue weighted by Crippen LogP contribution is 2.29. The maximum Gasteiger partial charge on any atom is 0.252 e. The van der Waals surface area contributed by atoms with Crippen molar-refractivity contribution in [3.05, 3.63) is 29.9 Å². The van der Waals surface area contributed by atoms with Crippen molar-refractivity contribution in [3.63, 3.8) is 0 Å². The lowest BCUT2D eigenvalue weighted by Gasteiger charge is -2.10. The standard InChI is InChI=1S/C15H16N4O3/c1-8-16-14(13-15(17-8)22-9(2)18-13)19-10-5-11(20-3)7-12(6-10)21-4/h5-7H,1-4H3,(H,16,17,19). The molecule has 1 N–H and O–H groups in total. The Morgan fingerprint density at radius 1 is 0.955 bits per heavy atom. The predicted octanol–water partition coefficient (Wildman–Crippen LogP) is 3.00. The van der Waals surface area contributed by atoms with Gasteiger partial charge in [0, 0.05) is 30.8 Å². The topological polar surface area (TPSA) is 82.3 Å². The molecule has 0 bridgehead atoms. The third kappa shape index (κ3) is 2.65. The molecule has 0 aliphatic carbocycles. The Labute approximate surface area is 127 Å². The Hall–Kier alpha value is -2.83. The summed E-state index contributed by atoms with van der Waals surface area (Å²) in [5.41, 5.74) is 1.82. The first-order chi connectivity index (χ1) is 10.6. The summed E-state index contributed by atoms with van der Waals surface area (Å²) in [6.07, 6.45) is 0. The quantitative estimate of drug-likeness (QED) is 0.793. The van der Waals surface area contributed by atoms with Gasteiger partial charge in [-0.1, -0.05) is 0 Å². The molecule has 0 spiro atoms. The molecule has 0 amide bonds. The van der Waals surface area contributed by atoms with Crippen molar-refractivity contribution < 1.29 is 13.9 Å². The minimum Gasteiger partial charge on any atom is -0.497 e. The smallest absolute Gasteiger partial charge is 0.252 e. The number of benzene rings is 1. The second-order valence-electron chi connectivity index (χ2n) is 4.73. The third-order valence-corrected chi connectivity index (χ3v) is 3.09. The van der Waals surface area contributed by atoms with E-state index in [0.29, 0.717) is 40.3 Å². The van der Waals surface area contributed by atoms with Crippen LogP contribution < -0.4 is 14.8 Å². The Morgan fingerprint density at radius 3 is 2.27 bits per heavy atom. The lowest BCUT2D eigenvalue weighted by atomic mass is 10.2. The monoisotopic (exact) mass is 300 g/mol. The molecular formula is C15H16N4O3. The number of aryl methyl sites for hydroxylation is 2. The van der Waals surface area contributed by atoms with Crippen LogP contribution in [-0.2, 0) is 0 Å². The van der Waals surface area contributed by atoms with Crippen LogP contribution in [-0.4, -0.2) is 29.2 Å². The molecule has 0 unspecified atom stereocenters. The highest BCUT2D eigenvalue weighted by molar-refractivity contribution is 5.84. The van der Waals surface area contributed by atoms with Crippen molar-refractivity contribution in [3.8, 4) is 11.5 Å². The van der Waals surface area contributed by atoms with Gasteiger partial charge in [-0.3, -0.25) is 0 Å². The van der Waals surface area contributed by atoms with Crippen molar-refractivity contribution in [2.75, 3.05) is 19.5 Å². The summed E-state index contributed by atoms with van der Waals surface area (Å²) in [4.78, 5) is 13.0. The van der Waals surface area contributed by atoms with E-state index in [1.54, 1.807) is 34.1 Å². The number of rotatable bonds is 4. The molecule has 114 valence electrons. The average Bonchev–Trinajstić information content (AvgIpc) is 2.87. The fourth-order valence-electron chi connectivity index (χ4n) is 2.14. The van der Waals surface area contributed by atoms with Gasteiger partial charge in [0.1, 0.15) is 17.3 Å². The van der Waals surface area contributed by atoms with Gasteiger partial charge in [-0.2, -0.15) is 4.98 Å². The Kier molecular flexibility index (Phi) is 3.54. The fourth-order valence-corrected chi connectivity index (χ4v) is 2.14. The van der Waals surface area contributed by atoms with E-state index in [-0.39, 0.29) is 0 Å². The summed E-state index contributed by atoms with van der Waals surface area (Å²) in [5, 5.41) is 3.22. The normalized spacial score (nSPS) is 10.7. The molecule has 0 saturated heterocycles. The zero-order valence-electron chi connectivity index (χ0n) is 12.8. The van der Waals surface area contributed by atoms with E-state index in [0.717, 1.165) is 5.69 Å². The second kappa shape index (κ2) is 5.51. The molecule has 0 radical (unpaired) electrons. The second-order valence-corrected chi connectivity index (χ2v) is 4.73. The van der Waals surface area contributed by atoms with Crippen LogP contribution in [0.4, 0.5) is 11.5 Å². The summed E-state index contributed by atoms with van der Waals surface area (Å²) in [7, 11) is 3.21. The molecule has 1 aromatic carbocycles. The molecule has 2 aromatic heterocycles. The number of methoxy groups -OCH3 is 2. The first kappa shape index (κ1) is 14.1. The maximum absolute atomic E-state index is 5.47. The Balaban J connectivity index is 2.06. The zero-order valence-corrected chi connectivity index (χ0v) is 12.8. The molecule has 22 heavy (non-hydrogen) atoms. The van der Waals surface area contributed by atoms with Crippen molar-refractivity contribution in [2.45, 2.75) is 13.8 Å². The molecule has 3 rings (SSSR count). The molecule has 0 aliphatic heterocycles. The van der Waals surface area contributed by atoms with Crippen LogP contribution in [0.25, 0.3) is 11.2 Å². The third-order valence-electron chi connectivity index (χ3n) is 3.09. The summed E-state index contributed by atoms with van der Waals surface area (Å²) in [5.74, 6) is 3.08. The van der Waals surface area contributed by atoms with Gasteiger partial charge in [0.05, 0.1) is 14.2 Å². The molecule has 2 heterocycles. The van der Waals surface area contributed by atoms with Gasteiger partial charge >= 0.3 is 0 Å². The Bertz CT molecular complexity index is 807. The van der Waals surface area contributed by atoms with Gasteiger partial charge in [0.25, 0.3) is 5.71 Å². The van der Waals surface area contributed by atoms with Crippen molar-refractivity contribution in [1.29, 1.82) is 0 Å². The molecule has 3 aromatic rings. The largest absolute Gasteiger partial charge is 0.497 e. The summed E-state index contributed by atoms with van der Waals surface area (Å²) in [6.45, 7) is 3.57. The van der Waals surface area contributed by atoms with Gasteiger partial charge in [-0.15, -0.1) is 0 Å². The number of anilines is 2. The lowest BCUT2D eigenvalue weighted by molar-refractivity contribution is 0.395. The fraction of sp³-hybridized carbons (Fsp3) is 0.267. The molecule has 7 heteroatoms. The van der Waals surface area contributed by atoms with Crippen molar-refractivity contribution in [2.24, 2.45) is 0 Å². The van der Waals surface area contributed by atoms with Crippen LogP contribution in [0, 0.1) is 13.8 Å². The van der Waals surface area contributed by atoms with Crippen molar-refractivity contribution >= 4 is 22.7 Å². The number of ether oxygens (including phenoxy) is 2. The van der Waals surface area contributed by atoms with E-state index in [4.69, 9.17) is 13.9 Å². The van der Waals surface area contributed by atoms with Crippen LogP contribution in [0.15, 0.2) is 22.6 Å². The number of hydrogen-bond donors (Lipinski definition) is 1. The van der Waals surface area contributed by atoms with E-state index in [2.05, 4.69) is 20.3 Å². The number of nitrogens with one attached hydrogen (secondary N) is 1. The average molecular weight is 300 g/mol. The SMILES string of the molecule is COc1cc(Nc2nc(C)nc3oc(C)nc23)cc(OC)c1. The minimum atomic E-state index is 0.461. The number of hydrogen-bond acceptors (Lipinski definition) is 7. The van der Waals surface area contributed by atoms with Crippen molar-refractivity contribution in [1.82, 2.24) is 15.0 Å². The summed E-state index contributed by atoms with van der Waals surface area (Å²) in [6, 6.07) is 5.49. The minimum absolute atomic E-state index is 0.461. The molecule has 7 nitrogen and oxygen atoms in total. The van der Waals surface area contributed by atoms with Crippen LogP contribution >= 0.6 is 0 Å².